The van der Waals surface area contributed by atoms with E-state index in [1.165, 1.54) is 0 Å². The second kappa shape index (κ2) is 10.2. The van der Waals surface area contributed by atoms with Gasteiger partial charge < -0.3 is 15.4 Å². The second-order valence-corrected chi connectivity index (χ2v) is 5.72. The van der Waals surface area contributed by atoms with Crippen molar-refractivity contribution < 1.29 is 14.3 Å². The number of methoxy groups -OCH3 is 1. The van der Waals surface area contributed by atoms with Crippen LogP contribution in [-0.4, -0.2) is 56.2 Å². The van der Waals surface area contributed by atoms with Gasteiger partial charge in [-0.3, -0.25) is 15.0 Å². The van der Waals surface area contributed by atoms with Crippen molar-refractivity contribution in [1.29, 1.82) is 0 Å². The minimum Gasteiger partial charge on any atom is -0.496 e. The number of benzene rings is 1. The van der Waals surface area contributed by atoms with E-state index in [0.29, 0.717) is 13.1 Å². The van der Waals surface area contributed by atoms with E-state index < -0.39 is 12.1 Å². The topological polar surface area (TPSA) is 82.7 Å². The zero-order valence-electron chi connectivity index (χ0n) is 14.9. The number of para-hydroxylation sites is 1. The number of ether oxygens (including phenoxy) is 1. The maximum absolute atomic E-state index is 12.4. The van der Waals surface area contributed by atoms with Gasteiger partial charge >= 0.3 is 6.03 Å². The largest absolute Gasteiger partial charge is 0.496 e. The van der Waals surface area contributed by atoms with Gasteiger partial charge in [0.1, 0.15) is 5.75 Å². The molecule has 1 aromatic rings. The number of piperazine rings is 1. The molecule has 1 aliphatic rings. The Morgan fingerprint density at radius 3 is 2.80 bits per heavy atom. The molecule has 2 atom stereocenters. The molecule has 140 valence electrons. The van der Waals surface area contributed by atoms with Crippen molar-refractivity contribution in [3.8, 4) is 5.75 Å². The van der Waals surface area contributed by atoms with E-state index in [2.05, 4.69) is 20.9 Å². The lowest BCUT2D eigenvalue weighted by molar-refractivity contribution is -0.126. The fraction of sp³-hybridized carbons (Fsp3) is 0.529. The molecule has 0 spiro atoms. The first kappa shape index (κ1) is 21.2. The lowest BCUT2D eigenvalue weighted by atomic mass is 10.00. The molecule has 25 heavy (non-hydrogen) atoms. The van der Waals surface area contributed by atoms with Gasteiger partial charge in [0.15, 0.2) is 0 Å². The number of halogens is 1. The maximum Gasteiger partial charge on any atom is 0.321 e. The third-order valence-corrected chi connectivity index (χ3v) is 4.23. The molecule has 1 aliphatic heterocycles. The van der Waals surface area contributed by atoms with Gasteiger partial charge in [-0.1, -0.05) is 18.2 Å². The van der Waals surface area contributed by atoms with Crippen molar-refractivity contribution in [1.82, 2.24) is 20.9 Å². The third-order valence-electron chi connectivity index (χ3n) is 4.23. The van der Waals surface area contributed by atoms with Crippen molar-refractivity contribution in [2.45, 2.75) is 25.9 Å². The minimum atomic E-state index is -0.460. The van der Waals surface area contributed by atoms with E-state index in [9.17, 15) is 9.59 Å². The summed E-state index contributed by atoms with van der Waals surface area (Å²) in [5, 5.41) is 8.33. The Bertz CT molecular complexity index is 585. The summed E-state index contributed by atoms with van der Waals surface area (Å²) in [6.07, 6.45) is 0. The number of amides is 3. The third kappa shape index (κ3) is 5.32. The molecule has 1 saturated heterocycles. The van der Waals surface area contributed by atoms with Crippen LogP contribution in [0.5, 0.6) is 5.75 Å². The Morgan fingerprint density at radius 1 is 1.40 bits per heavy atom. The van der Waals surface area contributed by atoms with Gasteiger partial charge in [-0.05, 0) is 19.9 Å². The molecule has 0 bridgehead atoms. The molecule has 0 radical (unpaired) electrons. The minimum absolute atomic E-state index is 0. The number of hydrogen-bond donors (Lipinski definition) is 3. The predicted molar refractivity (Wildman–Crippen MR) is 99.2 cm³/mol. The summed E-state index contributed by atoms with van der Waals surface area (Å²) in [6.45, 7) is 6.34. The number of urea groups is 1. The number of rotatable bonds is 5. The number of carbonyl (C=O) groups is 2. The summed E-state index contributed by atoms with van der Waals surface area (Å²) < 4.78 is 5.46. The van der Waals surface area contributed by atoms with Crippen LogP contribution in [-0.2, 0) is 4.79 Å². The molecule has 3 amide bonds. The zero-order chi connectivity index (χ0) is 17.5. The van der Waals surface area contributed by atoms with Gasteiger partial charge in [0.05, 0.1) is 19.2 Å². The van der Waals surface area contributed by atoms with Crippen LogP contribution in [0.3, 0.4) is 0 Å². The van der Waals surface area contributed by atoms with E-state index >= 15 is 0 Å². The van der Waals surface area contributed by atoms with Crippen molar-refractivity contribution in [3.63, 3.8) is 0 Å². The molecule has 8 heteroatoms. The molecule has 0 aliphatic carbocycles. The summed E-state index contributed by atoms with van der Waals surface area (Å²) >= 11 is 0. The highest BCUT2D eigenvalue weighted by Crippen LogP contribution is 2.31. The summed E-state index contributed by atoms with van der Waals surface area (Å²) in [7, 11) is 1.64. The van der Waals surface area contributed by atoms with Gasteiger partial charge in [0.25, 0.3) is 0 Å². The standard InChI is InChI=1S/C17H26N4O3.ClH/c1-4-19-17(23)20-16(22)12(2)21-10-9-18-11-14(21)13-7-5-6-8-15(13)24-3;/h5-8,12,14,18H,4,9-11H2,1-3H3,(H2,19,20,22,23);1H. The van der Waals surface area contributed by atoms with Crippen LogP contribution in [0.15, 0.2) is 24.3 Å². The lowest BCUT2D eigenvalue weighted by Crippen LogP contribution is -2.55. The predicted octanol–water partition coefficient (Wildman–Crippen LogP) is 1.30. The van der Waals surface area contributed by atoms with Crippen LogP contribution in [0.25, 0.3) is 0 Å². The number of hydrogen-bond acceptors (Lipinski definition) is 5. The number of carbonyl (C=O) groups excluding carboxylic acids is 2. The highest BCUT2D eigenvalue weighted by molar-refractivity contribution is 5.96. The molecule has 1 aromatic carbocycles. The van der Waals surface area contributed by atoms with Crippen molar-refractivity contribution in [2.24, 2.45) is 0 Å². The summed E-state index contributed by atoms with van der Waals surface area (Å²) in [4.78, 5) is 26.1. The molecular weight excluding hydrogens is 344 g/mol. The van der Waals surface area contributed by atoms with E-state index in [-0.39, 0.29) is 24.4 Å². The van der Waals surface area contributed by atoms with Crippen LogP contribution < -0.4 is 20.7 Å². The first-order valence-electron chi connectivity index (χ1n) is 8.26. The molecule has 0 aromatic heterocycles. The Morgan fingerprint density at radius 2 is 2.12 bits per heavy atom. The first-order valence-corrected chi connectivity index (χ1v) is 8.26. The Hall–Kier alpha value is -1.83. The van der Waals surface area contributed by atoms with E-state index in [4.69, 9.17) is 4.74 Å². The number of nitrogens with zero attached hydrogens (tertiary/aromatic N) is 1. The Kier molecular flexibility index (Phi) is 8.68. The van der Waals surface area contributed by atoms with E-state index in [1.54, 1.807) is 7.11 Å². The zero-order valence-corrected chi connectivity index (χ0v) is 15.7. The normalized spacial score (nSPS) is 18.6. The highest BCUT2D eigenvalue weighted by atomic mass is 35.5. The van der Waals surface area contributed by atoms with E-state index in [0.717, 1.165) is 24.4 Å². The molecule has 0 saturated carbocycles. The van der Waals surface area contributed by atoms with Gasteiger partial charge in [0, 0.05) is 31.7 Å². The molecular formula is C17H27ClN4O3. The number of imide groups is 1. The molecule has 2 rings (SSSR count). The Labute approximate surface area is 154 Å². The summed E-state index contributed by atoms with van der Waals surface area (Å²) in [6, 6.07) is 6.94. The van der Waals surface area contributed by atoms with Gasteiger partial charge in [-0.25, -0.2) is 4.79 Å². The smallest absolute Gasteiger partial charge is 0.321 e. The summed E-state index contributed by atoms with van der Waals surface area (Å²) in [5.41, 5.74) is 1.03. The van der Waals surface area contributed by atoms with Crippen molar-refractivity contribution in [3.05, 3.63) is 29.8 Å². The molecule has 1 heterocycles. The quantitative estimate of drug-likeness (QED) is 0.727. The van der Waals surface area contributed by atoms with Gasteiger partial charge in [-0.2, -0.15) is 0 Å². The average Bonchev–Trinajstić information content (AvgIpc) is 2.61. The van der Waals surface area contributed by atoms with Gasteiger partial charge in [-0.15, -0.1) is 12.4 Å². The van der Waals surface area contributed by atoms with Crippen LogP contribution in [0.1, 0.15) is 25.5 Å². The average molecular weight is 371 g/mol. The van der Waals surface area contributed by atoms with E-state index in [1.807, 2.05) is 38.1 Å². The molecule has 1 fully saturated rings. The maximum atomic E-state index is 12.4. The van der Waals surface area contributed by atoms with Crippen LogP contribution in [0, 0.1) is 0 Å². The Balaban J connectivity index is 0.00000312. The van der Waals surface area contributed by atoms with Crippen LogP contribution >= 0.6 is 12.4 Å². The fourth-order valence-corrected chi connectivity index (χ4v) is 2.99. The molecule has 2 unspecified atom stereocenters. The highest BCUT2D eigenvalue weighted by Gasteiger charge is 2.33. The second-order valence-electron chi connectivity index (χ2n) is 5.72. The van der Waals surface area contributed by atoms with Crippen molar-refractivity contribution in [2.75, 3.05) is 33.3 Å². The van der Waals surface area contributed by atoms with Crippen LogP contribution in [0.2, 0.25) is 0 Å². The lowest BCUT2D eigenvalue weighted by Gasteiger charge is -2.40. The van der Waals surface area contributed by atoms with Gasteiger partial charge in [0.2, 0.25) is 5.91 Å². The van der Waals surface area contributed by atoms with Crippen LogP contribution in [0.4, 0.5) is 4.79 Å². The monoisotopic (exact) mass is 370 g/mol. The first-order chi connectivity index (χ1) is 11.6. The van der Waals surface area contributed by atoms with Crippen molar-refractivity contribution >= 4 is 24.3 Å². The molecule has 3 N–H and O–H groups in total. The SMILES string of the molecule is CCNC(=O)NC(=O)C(C)N1CCNCC1c1ccccc1OC.Cl. The number of nitrogens with one attached hydrogen (secondary N) is 3. The fourth-order valence-electron chi connectivity index (χ4n) is 2.99. The molecule has 7 nitrogen and oxygen atoms in total. The summed E-state index contributed by atoms with van der Waals surface area (Å²) in [5.74, 6) is 0.496.